The van der Waals surface area contributed by atoms with Gasteiger partial charge in [-0.15, -0.1) is 0 Å². The monoisotopic (exact) mass is 410 g/mol. The SMILES string of the molecule is CCC[C@@]1(OC)O[C@@](C(=O)OC)([C@](O)(C(=O)OC)C(O)C(=O)OC)[C@H](O)[C@H]1O. The van der Waals surface area contributed by atoms with Gasteiger partial charge in [0.05, 0.1) is 21.3 Å². The summed E-state index contributed by atoms with van der Waals surface area (Å²) in [6.07, 6.45) is -6.93. The van der Waals surface area contributed by atoms with E-state index in [0.29, 0.717) is 6.42 Å². The van der Waals surface area contributed by atoms with Gasteiger partial charge in [-0.05, 0) is 0 Å². The molecule has 0 aromatic carbocycles. The zero-order valence-corrected chi connectivity index (χ0v) is 16.2. The van der Waals surface area contributed by atoms with Crippen molar-refractivity contribution in [2.45, 2.75) is 55.1 Å². The van der Waals surface area contributed by atoms with E-state index in [9.17, 15) is 34.8 Å². The van der Waals surface area contributed by atoms with Crippen LogP contribution in [0.4, 0.5) is 0 Å². The molecule has 0 amide bonds. The number of carbonyl (C=O) groups excluding carboxylic acids is 3. The number of rotatable bonds is 8. The highest BCUT2D eigenvalue weighted by molar-refractivity contribution is 5.98. The first-order valence-corrected chi connectivity index (χ1v) is 8.27. The van der Waals surface area contributed by atoms with Crippen molar-refractivity contribution >= 4 is 17.9 Å². The molecular weight excluding hydrogens is 384 g/mol. The number of ether oxygens (including phenoxy) is 5. The summed E-state index contributed by atoms with van der Waals surface area (Å²) < 4.78 is 23.9. The second-order valence-corrected chi connectivity index (χ2v) is 6.17. The van der Waals surface area contributed by atoms with Gasteiger partial charge in [-0.3, -0.25) is 0 Å². The summed E-state index contributed by atoms with van der Waals surface area (Å²) >= 11 is 0. The molecule has 6 atom stereocenters. The minimum absolute atomic E-state index is 0.105. The molecule has 1 aliphatic rings. The Kier molecular flexibility index (Phi) is 7.50. The summed E-state index contributed by atoms with van der Waals surface area (Å²) in [5, 5.41) is 42.7. The van der Waals surface area contributed by atoms with Crippen molar-refractivity contribution in [2.75, 3.05) is 28.4 Å². The zero-order valence-electron chi connectivity index (χ0n) is 16.2. The van der Waals surface area contributed by atoms with Gasteiger partial charge >= 0.3 is 17.9 Å². The Hall–Kier alpha value is -1.83. The van der Waals surface area contributed by atoms with Gasteiger partial charge in [0.15, 0.2) is 11.9 Å². The third-order valence-corrected chi connectivity index (χ3v) is 4.82. The van der Waals surface area contributed by atoms with Crippen LogP contribution in [-0.2, 0) is 38.1 Å². The van der Waals surface area contributed by atoms with Crippen molar-refractivity contribution in [3.05, 3.63) is 0 Å². The molecule has 1 heterocycles. The van der Waals surface area contributed by atoms with Gasteiger partial charge in [-0.1, -0.05) is 13.3 Å². The number of methoxy groups -OCH3 is 4. The second-order valence-electron chi connectivity index (χ2n) is 6.17. The normalized spacial score (nSPS) is 32.9. The van der Waals surface area contributed by atoms with Gasteiger partial charge in [0.1, 0.15) is 12.2 Å². The van der Waals surface area contributed by atoms with E-state index < -0.39 is 53.2 Å². The third-order valence-electron chi connectivity index (χ3n) is 4.82. The fourth-order valence-electron chi connectivity index (χ4n) is 3.34. The highest BCUT2D eigenvalue weighted by Gasteiger charge is 2.80. The lowest BCUT2D eigenvalue weighted by Crippen LogP contribution is -2.75. The summed E-state index contributed by atoms with van der Waals surface area (Å²) in [6.45, 7) is 1.66. The van der Waals surface area contributed by atoms with E-state index in [2.05, 4.69) is 14.2 Å². The first kappa shape index (κ1) is 24.2. The first-order valence-electron chi connectivity index (χ1n) is 8.27. The number of hydrogen-bond acceptors (Lipinski definition) is 12. The molecule has 0 bridgehead atoms. The fourth-order valence-corrected chi connectivity index (χ4v) is 3.34. The summed E-state index contributed by atoms with van der Waals surface area (Å²) in [6, 6.07) is 0. The summed E-state index contributed by atoms with van der Waals surface area (Å²) in [4.78, 5) is 37.0. The Morgan fingerprint density at radius 1 is 1.07 bits per heavy atom. The van der Waals surface area contributed by atoms with Crippen molar-refractivity contribution in [1.82, 2.24) is 0 Å². The Morgan fingerprint density at radius 2 is 1.64 bits per heavy atom. The summed E-state index contributed by atoms with van der Waals surface area (Å²) in [5.74, 6) is -6.94. The zero-order chi connectivity index (χ0) is 21.9. The van der Waals surface area contributed by atoms with Gasteiger partial charge in [-0.25, -0.2) is 14.4 Å². The number of aliphatic hydroxyl groups is 4. The quantitative estimate of drug-likeness (QED) is 0.239. The lowest BCUT2D eigenvalue weighted by atomic mass is 9.74. The molecule has 12 nitrogen and oxygen atoms in total. The Balaban J connectivity index is 3.85. The van der Waals surface area contributed by atoms with E-state index >= 15 is 0 Å². The van der Waals surface area contributed by atoms with Gasteiger partial charge in [0.2, 0.25) is 11.2 Å². The number of carbonyl (C=O) groups is 3. The Bertz CT molecular complexity index is 608. The van der Waals surface area contributed by atoms with E-state index in [1.54, 1.807) is 6.92 Å². The minimum Gasteiger partial charge on any atom is -0.467 e. The number of esters is 3. The number of aliphatic hydroxyl groups excluding tert-OH is 3. The number of hydrogen-bond donors (Lipinski definition) is 4. The maximum atomic E-state index is 12.7. The van der Waals surface area contributed by atoms with Crippen molar-refractivity contribution in [1.29, 1.82) is 0 Å². The van der Waals surface area contributed by atoms with Crippen LogP contribution < -0.4 is 0 Å². The van der Waals surface area contributed by atoms with Gasteiger partial charge in [0.25, 0.3) is 0 Å². The van der Waals surface area contributed by atoms with Crippen molar-refractivity contribution < 1.29 is 58.5 Å². The molecule has 0 aromatic rings. The fraction of sp³-hybridized carbons (Fsp3) is 0.812. The van der Waals surface area contributed by atoms with Crippen LogP contribution in [0, 0.1) is 0 Å². The van der Waals surface area contributed by atoms with Gasteiger partial charge < -0.3 is 44.1 Å². The molecule has 0 aromatic heterocycles. The van der Waals surface area contributed by atoms with E-state index in [0.717, 1.165) is 28.4 Å². The topological polar surface area (TPSA) is 178 Å². The molecule has 4 N–H and O–H groups in total. The standard InChI is InChI=1S/C16H26O12/c1-6-7-14(27-5)8(17)9(18)16(28-14,13(22)26-4)15(23,12(21)25-3)10(19)11(20)24-2/h8-10,17-19,23H,6-7H2,1-5H3/t8-,9-,10?,14-,15-,16+/m1/s1. The van der Waals surface area contributed by atoms with E-state index in [-0.39, 0.29) is 6.42 Å². The molecule has 12 heteroatoms. The van der Waals surface area contributed by atoms with Crippen LogP contribution in [-0.4, -0.2) is 102 Å². The molecule has 0 spiro atoms. The first-order chi connectivity index (χ1) is 13.0. The molecule has 0 saturated carbocycles. The molecule has 1 fully saturated rings. The highest BCUT2D eigenvalue weighted by Crippen LogP contribution is 2.49. The lowest BCUT2D eigenvalue weighted by molar-refractivity contribution is -0.304. The van der Waals surface area contributed by atoms with Crippen LogP contribution in [0.5, 0.6) is 0 Å². The minimum atomic E-state index is -3.57. The van der Waals surface area contributed by atoms with Crippen LogP contribution in [0.25, 0.3) is 0 Å². The van der Waals surface area contributed by atoms with Crippen LogP contribution in [0.15, 0.2) is 0 Å². The van der Waals surface area contributed by atoms with Crippen molar-refractivity contribution in [2.24, 2.45) is 0 Å². The van der Waals surface area contributed by atoms with E-state index in [1.165, 1.54) is 0 Å². The average Bonchev–Trinajstić information content (AvgIpc) is 2.94. The molecule has 1 aliphatic heterocycles. The maximum Gasteiger partial charge on any atom is 0.345 e. The van der Waals surface area contributed by atoms with Crippen molar-refractivity contribution in [3.63, 3.8) is 0 Å². The van der Waals surface area contributed by atoms with E-state index in [1.807, 2.05) is 0 Å². The second kappa shape index (κ2) is 8.68. The lowest BCUT2D eigenvalue weighted by Gasteiger charge is -2.43. The Labute approximate surface area is 160 Å². The van der Waals surface area contributed by atoms with Gasteiger partial charge in [-0.2, -0.15) is 0 Å². The molecule has 162 valence electrons. The average molecular weight is 410 g/mol. The molecule has 28 heavy (non-hydrogen) atoms. The molecule has 0 aliphatic carbocycles. The van der Waals surface area contributed by atoms with Crippen LogP contribution >= 0.6 is 0 Å². The Morgan fingerprint density at radius 3 is 2.04 bits per heavy atom. The summed E-state index contributed by atoms with van der Waals surface area (Å²) in [5.41, 5.74) is -6.77. The highest BCUT2D eigenvalue weighted by atomic mass is 16.7. The molecule has 1 saturated heterocycles. The van der Waals surface area contributed by atoms with Crippen molar-refractivity contribution in [3.8, 4) is 0 Å². The molecule has 1 rings (SSSR count). The van der Waals surface area contributed by atoms with E-state index in [4.69, 9.17) is 9.47 Å². The van der Waals surface area contributed by atoms with Crippen LogP contribution in [0.2, 0.25) is 0 Å². The largest absolute Gasteiger partial charge is 0.467 e. The molecule has 1 unspecified atom stereocenters. The predicted molar refractivity (Wildman–Crippen MR) is 87.5 cm³/mol. The predicted octanol–water partition coefficient (Wildman–Crippen LogP) is -2.77. The summed E-state index contributed by atoms with van der Waals surface area (Å²) in [7, 11) is 3.55. The molecular formula is C16H26O12. The third kappa shape index (κ3) is 3.15. The van der Waals surface area contributed by atoms with Gasteiger partial charge in [0, 0.05) is 13.5 Å². The maximum absolute atomic E-state index is 12.7. The van der Waals surface area contributed by atoms with Crippen LogP contribution in [0.1, 0.15) is 19.8 Å². The molecule has 0 radical (unpaired) electrons. The smallest absolute Gasteiger partial charge is 0.345 e. The van der Waals surface area contributed by atoms with Crippen LogP contribution in [0.3, 0.4) is 0 Å².